The summed E-state index contributed by atoms with van der Waals surface area (Å²) in [6.07, 6.45) is 4.47. The summed E-state index contributed by atoms with van der Waals surface area (Å²) in [5, 5.41) is 2.72. The number of hydrogen-bond donors (Lipinski definition) is 2. The van der Waals surface area contributed by atoms with Gasteiger partial charge < -0.3 is 20.7 Å². The maximum atomic E-state index is 13.0. The Morgan fingerprint density at radius 2 is 2.08 bits per heavy atom. The predicted octanol–water partition coefficient (Wildman–Crippen LogP) is 1.32. The van der Waals surface area contributed by atoms with Crippen LogP contribution < -0.4 is 11.1 Å². The molecule has 7 nitrogen and oxygen atoms in total. The first kappa shape index (κ1) is 17.8. The molecule has 25 heavy (non-hydrogen) atoms. The fourth-order valence-corrected chi connectivity index (χ4v) is 3.76. The monoisotopic (exact) mass is 349 g/mol. The number of ether oxygens (including phenoxy) is 1. The summed E-state index contributed by atoms with van der Waals surface area (Å²) < 4.78 is 5.44. The number of allylic oxidation sites excluding steroid dienone is 1. The molecule has 0 bridgehead atoms. The summed E-state index contributed by atoms with van der Waals surface area (Å²) in [6.45, 7) is 6.10. The highest BCUT2D eigenvalue weighted by molar-refractivity contribution is 5.91. The van der Waals surface area contributed by atoms with Gasteiger partial charge in [-0.2, -0.15) is 0 Å². The zero-order chi connectivity index (χ0) is 18.4. The molecule has 1 saturated carbocycles. The molecule has 3 amide bonds. The molecular weight excluding hydrogens is 322 g/mol. The Bertz CT molecular complexity index is 622. The van der Waals surface area contributed by atoms with Gasteiger partial charge in [-0.25, -0.2) is 4.79 Å². The minimum atomic E-state index is -0.774. The molecule has 3 N–H and O–H groups in total. The fourth-order valence-electron chi connectivity index (χ4n) is 3.76. The summed E-state index contributed by atoms with van der Waals surface area (Å²) >= 11 is 0. The van der Waals surface area contributed by atoms with Crippen molar-refractivity contribution in [1.82, 2.24) is 10.2 Å². The van der Waals surface area contributed by atoms with Crippen molar-refractivity contribution in [2.75, 3.05) is 6.54 Å². The van der Waals surface area contributed by atoms with E-state index in [9.17, 15) is 14.4 Å². The number of nitrogens with one attached hydrogen (secondary N) is 1. The van der Waals surface area contributed by atoms with Crippen LogP contribution >= 0.6 is 0 Å². The van der Waals surface area contributed by atoms with Crippen LogP contribution in [0.25, 0.3) is 0 Å². The van der Waals surface area contributed by atoms with E-state index in [-0.39, 0.29) is 12.0 Å². The number of nitrogens with zero attached hydrogens (tertiary/aromatic N) is 1. The molecule has 1 saturated heterocycles. The standard InChI is InChI=1S/C18H27N3O4/c1-18(2,3)14(16(23)21-6-4-5-13(21)15(19)22)20-17(24)25-12-8-10-7-11(10)9-12/h8,11-14H,4-7,9H2,1-3H3,(H2,19,22)(H,20,24). The van der Waals surface area contributed by atoms with Gasteiger partial charge in [-0.15, -0.1) is 0 Å². The van der Waals surface area contributed by atoms with E-state index in [2.05, 4.69) is 5.32 Å². The van der Waals surface area contributed by atoms with Gasteiger partial charge in [0.1, 0.15) is 18.2 Å². The lowest BCUT2D eigenvalue weighted by molar-refractivity contribution is -0.141. The lowest BCUT2D eigenvalue weighted by atomic mass is 9.85. The largest absolute Gasteiger partial charge is 0.442 e. The summed E-state index contributed by atoms with van der Waals surface area (Å²) in [6, 6.07) is -1.37. The molecule has 0 radical (unpaired) electrons. The Kier molecular flexibility index (Phi) is 4.51. The highest BCUT2D eigenvalue weighted by Gasteiger charge is 2.43. The van der Waals surface area contributed by atoms with E-state index in [0.29, 0.717) is 18.9 Å². The van der Waals surface area contributed by atoms with Crippen LogP contribution in [0.4, 0.5) is 4.79 Å². The highest BCUT2D eigenvalue weighted by atomic mass is 16.6. The van der Waals surface area contributed by atoms with Crippen molar-refractivity contribution in [3.63, 3.8) is 0 Å². The number of hydrogen-bond acceptors (Lipinski definition) is 4. The maximum absolute atomic E-state index is 13.0. The molecule has 3 rings (SSSR count). The van der Waals surface area contributed by atoms with Crippen molar-refractivity contribution in [3.8, 4) is 0 Å². The molecule has 0 spiro atoms. The molecule has 2 fully saturated rings. The molecular formula is C18H27N3O4. The van der Waals surface area contributed by atoms with Crippen LogP contribution in [0.3, 0.4) is 0 Å². The van der Waals surface area contributed by atoms with Crippen molar-refractivity contribution in [1.29, 1.82) is 0 Å². The van der Waals surface area contributed by atoms with Crippen LogP contribution in [-0.2, 0) is 14.3 Å². The fraction of sp³-hybridized carbons (Fsp3) is 0.722. The molecule has 2 aliphatic carbocycles. The van der Waals surface area contributed by atoms with Crippen molar-refractivity contribution < 1.29 is 19.1 Å². The van der Waals surface area contributed by atoms with E-state index in [1.165, 1.54) is 10.5 Å². The third-order valence-electron chi connectivity index (χ3n) is 5.26. The first-order valence-electron chi connectivity index (χ1n) is 8.94. The van der Waals surface area contributed by atoms with Gasteiger partial charge in [0.25, 0.3) is 0 Å². The minimum Gasteiger partial charge on any atom is -0.442 e. The van der Waals surface area contributed by atoms with Gasteiger partial charge in [-0.3, -0.25) is 9.59 Å². The Morgan fingerprint density at radius 3 is 2.64 bits per heavy atom. The quantitative estimate of drug-likeness (QED) is 0.747. The SMILES string of the molecule is CC(C)(C)C(NC(=O)OC1C=C2CC2C1)C(=O)N1CCCC1C(N)=O. The van der Waals surface area contributed by atoms with Crippen LogP contribution in [0.5, 0.6) is 0 Å². The van der Waals surface area contributed by atoms with Crippen molar-refractivity contribution in [2.24, 2.45) is 17.1 Å². The average Bonchev–Trinajstić information content (AvgIpc) is 2.94. The van der Waals surface area contributed by atoms with E-state index in [4.69, 9.17) is 10.5 Å². The number of alkyl carbamates (subject to hydrolysis) is 1. The van der Waals surface area contributed by atoms with E-state index in [1.807, 2.05) is 26.8 Å². The van der Waals surface area contributed by atoms with Gasteiger partial charge in [0, 0.05) is 6.54 Å². The van der Waals surface area contributed by atoms with Gasteiger partial charge >= 0.3 is 6.09 Å². The third-order valence-corrected chi connectivity index (χ3v) is 5.26. The first-order chi connectivity index (χ1) is 11.7. The number of carbonyl (C=O) groups excluding carboxylic acids is 3. The zero-order valence-electron chi connectivity index (χ0n) is 15.1. The van der Waals surface area contributed by atoms with Crippen molar-refractivity contribution in [2.45, 2.75) is 64.6 Å². The van der Waals surface area contributed by atoms with Gasteiger partial charge in [0.2, 0.25) is 11.8 Å². The van der Waals surface area contributed by atoms with E-state index >= 15 is 0 Å². The van der Waals surface area contributed by atoms with Crippen LogP contribution in [0.2, 0.25) is 0 Å². The summed E-state index contributed by atoms with van der Waals surface area (Å²) in [5.41, 5.74) is 6.26. The maximum Gasteiger partial charge on any atom is 0.408 e. The van der Waals surface area contributed by atoms with Crippen LogP contribution in [0, 0.1) is 11.3 Å². The molecule has 0 aromatic rings. The zero-order valence-corrected chi connectivity index (χ0v) is 15.1. The summed E-state index contributed by atoms with van der Waals surface area (Å²) in [5.74, 6) is -0.199. The summed E-state index contributed by atoms with van der Waals surface area (Å²) in [4.78, 5) is 38.3. The Morgan fingerprint density at radius 1 is 1.36 bits per heavy atom. The molecule has 4 atom stereocenters. The Labute approximate surface area is 147 Å². The van der Waals surface area contributed by atoms with Crippen LogP contribution in [0.15, 0.2) is 11.6 Å². The molecule has 1 aliphatic heterocycles. The smallest absolute Gasteiger partial charge is 0.408 e. The minimum absolute atomic E-state index is 0.199. The molecule has 3 aliphatic rings. The number of amides is 3. The van der Waals surface area contributed by atoms with E-state index in [0.717, 1.165) is 19.3 Å². The van der Waals surface area contributed by atoms with E-state index in [1.54, 1.807) is 0 Å². The topological polar surface area (TPSA) is 102 Å². The summed E-state index contributed by atoms with van der Waals surface area (Å²) in [7, 11) is 0. The second-order valence-electron chi connectivity index (χ2n) is 8.36. The number of nitrogens with two attached hydrogens (primary N) is 1. The number of fused-ring (bicyclic) bond motifs is 1. The van der Waals surface area contributed by atoms with Gasteiger partial charge in [0.05, 0.1) is 0 Å². The van der Waals surface area contributed by atoms with Gasteiger partial charge in [-0.1, -0.05) is 26.3 Å². The lowest BCUT2D eigenvalue weighted by Gasteiger charge is -2.35. The van der Waals surface area contributed by atoms with Crippen LogP contribution in [0.1, 0.15) is 46.5 Å². The Balaban J connectivity index is 1.65. The molecule has 1 heterocycles. The van der Waals surface area contributed by atoms with Gasteiger partial charge in [0.15, 0.2) is 0 Å². The second kappa shape index (κ2) is 6.35. The van der Waals surface area contributed by atoms with Crippen molar-refractivity contribution in [3.05, 3.63) is 11.6 Å². The second-order valence-corrected chi connectivity index (χ2v) is 8.36. The van der Waals surface area contributed by atoms with E-state index < -0.39 is 29.5 Å². The predicted molar refractivity (Wildman–Crippen MR) is 91.4 cm³/mol. The number of carbonyl (C=O) groups is 3. The number of rotatable bonds is 4. The molecule has 0 aromatic heterocycles. The molecule has 0 aromatic carbocycles. The first-order valence-corrected chi connectivity index (χ1v) is 8.94. The number of likely N-dealkylation sites (tertiary alicyclic amines) is 1. The van der Waals surface area contributed by atoms with Crippen molar-refractivity contribution >= 4 is 17.9 Å². The lowest BCUT2D eigenvalue weighted by Crippen LogP contribution is -2.57. The molecule has 4 unspecified atom stereocenters. The highest BCUT2D eigenvalue weighted by Crippen LogP contribution is 2.47. The average molecular weight is 349 g/mol. The third kappa shape index (κ3) is 3.80. The normalized spacial score (nSPS) is 28.8. The number of primary amides is 1. The van der Waals surface area contributed by atoms with Crippen LogP contribution in [-0.4, -0.2) is 47.5 Å². The van der Waals surface area contributed by atoms with Gasteiger partial charge in [-0.05, 0) is 43.1 Å². The Hall–Kier alpha value is -2.05. The molecule has 138 valence electrons. The molecule has 7 heteroatoms.